The van der Waals surface area contributed by atoms with Gasteiger partial charge in [-0.15, -0.1) is 0 Å². The Balaban J connectivity index is 1.79. The fraction of sp³-hybridized carbons (Fsp3) is 0.333. The highest BCUT2D eigenvalue weighted by Gasteiger charge is 2.27. The highest BCUT2D eigenvalue weighted by atomic mass is 35.5. The van der Waals surface area contributed by atoms with Gasteiger partial charge < -0.3 is 10.6 Å². The van der Waals surface area contributed by atoms with E-state index in [2.05, 4.69) is 10.2 Å². The zero-order chi connectivity index (χ0) is 14.8. The van der Waals surface area contributed by atoms with Crippen LogP contribution in [0.1, 0.15) is 34.8 Å². The first kappa shape index (κ1) is 13.9. The summed E-state index contributed by atoms with van der Waals surface area (Å²) in [5, 5.41) is 7.50. The molecule has 1 aromatic carbocycles. The summed E-state index contributed by atoms with van der Waals surface area (Å²) in [6.07, 6.45) is 3.76. The lowest BCUT2D eigenvalue weighted by Crippen LogP contribution is -2.39. The number of piperidine rings is 1. The Morgan fingerprint density at radius 3 is 3.05 bits per heavy atom. The number of rotatable bonds is 2. The molecule has 0 radical (unpaired) electrons. The van der Waals surface area contributed by atoms with Crippen LogP contribution >= 0.6 is 11.6 Å². The number of nitrogens with one attached hydrogen (secondary N) is 1. The average molecular weight is 305 g/mol. The van der Waals surface area contributed by atoms with Crippen LogP contribution in [0, 0.1) is 0 Å². The zero-order valence-corrected chi connectivity index (χ0v) is 12.3. The molecule has 3 rings (SSSR count). The van der Waals surface area contributed by atoms with Crippen molar-refractivity contribution in [1.29, 1.82) is 0 Å². The first-order valence-corrected chi connectivity index (χ1v) is 7.36. The number of likely N-dealkylation sites (tertiary alicyclic amines) is 1. The Kier molecular flexibility index (Phi) is 3.84. The van der Waals surface area contributed by atoms with Gasteiger partial charge in [0.1, 0.15) is 0 Å². The molecule has 0 spiro atoms. The van der Waals surface area contributed by atoms with Crippen molar-refractivity contribution < 1.29 is 4.79 Å². The normalized spacial score (nSPS) is 18.7. The van der Waals surface area contributed by atoms with Crippen LogP contribution < -0.4 is 5.73 Å². The molecule has 1 aromatic heterocycles. The van der Waals surface area contributed by atoms with Gasteiger partial charge in [0.25, 0.3) is 5.91 Å². The second-order valence-electron chi connectivity index (χ2n) is 5.33. The van der Waals surface area contributed by atoms with Gasteiger partial charge in [-0.1, -0.05) is 11.6 Å². The molecule has 0 aliphatic carbocycles. The van der Waals surface area contributed by atoms with E-state index in [1.54, 1.807) is 24.4 Å². The number of carbonyl (C=O) groups is 1. The Labute approximate surface area is 128 Å². The van der Waals surface area contributed by atoms with Crippen molar-refractivity contribution in [1.82, 2.24) is 15.1 Å². The van der Waals surface area contributed by atoms with Gasteiger partial charge in [-0.05, 0) is 37.1 Å². The molecule has 1 unspecified atom stereocenters. The fourth-order valence-corrected chi connectivity index (χ4v) is 2.97. The van der Waals surface area contributed by atoms with E-state index in [4.69, 9.17) is 17.3 Å². The van der Waals surface area contributed by atoms with E-state index >= 15 is 0 Å². The van der Waals surface area contributed by atoms with Crippen molar-refractivity contribution in [3.63, 3.8) is 0 Å². The summed E-state index contributed by atoms with van der Waals surface area (Å²) in [7, 11) is 0. The molecule has 2 heterocycles. The summed E-state index contributed by atoms with van der Waals surface area (Å²) in [5.74, 6) is 0.241. The highest BCUT2D eigenvalue weighted by molar-refractivity contribution is 6.31. The second-order valence-corrected chi connectivity index (χ2v) is 5.77. The Morgan fingerprint density at radius 2 is 2.29 bits per heavy atom. The minimum absolute atomic E-state index is 0.0563. The van der Waals surface area contributed by atoms with Crippen molar-refractivity contribution in [2.24, 2.45) is 0 Å². The van der Waals surface area contributed by atoms with Crippen LogP contribution in [0.15, 0.2) is 30.5 Å². The number of aromatic nitrogens is 2. The summed E-state index contributed by atoms with van der Waals surface area (Å²) in [5.41, 5.74) is 7.92. The van der Waals surface area contributed by atoms with Crippen molar-refractivity contribution in [3.05, 3.63) is 46.7 Å². The average Bonchev–Trinajstić information content (AvgIpc) is 3.03. The molecule has 2 aromatic rings. The van der Waals surface area contributed by atoms with Gasteiger partial charge in [0, 0.05) is 41.6 Å². The van der Waals surface area contributed by atoms with Crippen molar-refractivity contribution in [3.8, 4) is 0 Å². The fourth-order valence-electron chi connectivity index (χ4n) is 2.79. The lowest BCUT2D eigenvalue weighted by Gasteiger charge is -2.32. The predicted molar refractivity (Wildman–Crippen MR) is 82.3 cm³/mol. The van der Waals surface area contributed by atoms with Crippen molar-refractivity contribution in [2.45, 2.75) is 18.8 Å². The highest BCUT2D eigenvalue weighted by Crippen LogP contribution is 2.27. The SMILES string of the molecule is Nc1ccc(Cl)cc1C(=O)N1CCCC(c2ccn[nH]2)C1. The van der Waals surface area contributed by atoms with Crippen LogP contribution in [-0.2, 0) is 0 Å². The topological polar surface area (TPSA) is 75.0 Å². The van der Waals surface area contributed by atoms with Crippen LogP contribution in [0.3, 0.4) is 0 Å². The predicted octanol–water partition coefficient (Wildman–Crippen LogP) is 2.67. The molecular formula is C15H17ClN4O. The maximum Gasteiger partial charge on any atom is 0.256 e. The third-order valence-electron chi connectivity index (χ3n) is 3.92. The summed E-state index contributed by atoms with van der Waals surface area (Å²) >= 11 is 5.97. The molecule has 0 saturated carbocycles. The maximum absolute atomic E-state index is 12.6. The van der Waals surface area contributed by atoms with Crippen LogP contribution in [-0.4, -0.2) is 34.1 Å². The molecule has 5 nitrogen and oxygen atoms in total. The molecule has 6 heteroatoms. The van der Waals surface area contributed by atoms with Gasteiger partial charge in [-0.2, -0.15) is 5.10 Å². The van der Waals surface area contributed by atoms with E-state index in [-0.39, 0.29) is 5.91 Å². The second kappa shape index (κ2) is 5.77. The van der Waals surface area contributed by atoms with Gasteiger partial charge in [0.05, 0.1) is 5.56 Å². The molecule has 1 atom stereocenters. The standard InChI is InChI=1S/C15H17ClN4O/c16-11-3-4-13(17)12(8-11)15(21)20-7-1-2-10(9-20)14-5-6-18-19-14/h3-6,8,10H,1-2,7,9,17H2,(H,18,19). The Hall–Kier alpha value is -2.01. The van der Waals surface area contributed by atoms with Crippen LogP contribution in [0.5, 0.6) is 0 Å². The molecule has 1 saturated heterocycles. The number of hydrogen-bond donors (Lipinski definition) is 2. The molecule has 0 bridgehead atoms. The van der Waals surface area contributed by atoms with Crippen LogP contribution in [0.25, 0.3) is 0 Å². The lowest BCUT2D eigenvalue weighted by atomic mass is 9.94. The summed E-state index contributed by atoms with van der Waals surface area (Å²) in [6, 6.07) is 6.97. The molecule has 3 N–H and O–H groups in total. The smallest absolute Gasteiger partial charge is 0.256 e. The monoisotopic (exact) mass is 304 g/mol. The van der Waals surface area contributed by atoms with E-state index < -0.39 is 0 Å². The number of nitrogen functional groups attached to an aromatic ring is 1. The molecule has 1 fully saturated rings. The zero-order valence-electron chi connectivity index (χ0n) is 11.6. The number of hydrogen-bond acceptors (Lipinski definition) is 3. The number of anilines is 1. The van der Waals surface area contributed by atoms with Gasteiger partial charge >= 0.3 is 0 Å². The van der Waals surface area contributed by atoms with Crippen molar-refractivity contribution in [2.75, 3.05) is 18.8 Å². The maximum atomic E-state index is 12.6. The first-order valence-electron chi connectivity index (χ1n) is 6.98. The van der Waals surface area contributed by atoms with E-state index in [9.17, 15) is 4.79 Å². The number of benzene rings is 1. The van der Waals surface area contributed by atoms with Gasteiger partial charge in [0.15, 0.2) is 0 Å². The molecule has 1 amide bonds. The number of aromatic amines is 1. The number of H-pyrrole nitrogens is 1. The molecule has 21 heavy (non-hydrogen) atoms. The number of carbonyl (C=O) groups excluding carboxylic acids is 1. The Bertz CT molecular complexity index is 641. The molecular weight excluding hydrogens is 288 g/mol. The molecule has 1 aliphatic rings. The third-order valence-corrected chi connectivity index (χ3v) is 4.15. The number of halogens is 1. The lowest BCUT2D eigenvalue weighted by molar-refractivity contribution is 0.0707. The van der Waals surface area contributed by atoms with Gasteiger partial charge in [-0.3, -0.25) is 9.89 Å². The van der Waals surface area contributed by atoms with E-state index in [1.807, 2.05) is 11.0 Å². The molecule has 110 valence electrons. The van der Waals surface area contributed by atoms with Crippen molar-refractivity contribution >= 4 is 23.2 Å². The van der Waals surface area contributed by atoms with E-state index in [0.29, 0.717) is 28.7 Å². The van der Waals surface area contributed by atoms with Crippen LogP contribution in [0.2, 0.25) is 5.02 Å². The van der Waals surface area contributed by atoms with E-state index in [0.717, 1.165) is 25.1 Å². The van der Waals surface area contributed by atoms with E-state index in [1.165, 1.54) is 0 Å². The van der Waals surface area contributed by atoms with Gasteiger partial charge in [-0.25, -0.2) is 0 Å². The molecule has 1 aliphatic heterocycles. The summed E-state index contributed by atoms with van der Waals surface area (Å²) < 4.78 is 0. The third kappa shape index (κ3) is 2.88. The summed E-state index contributed by atoms with van der Waals surface area (Å²) in [6.45, 7) is 1.42. The van der Waals surface area contributed by atoms with Crippen LogP contribution in [0.4, 0.5) is 5.69 Å². The number of amides is 1. The number of nitrogens with two attached hydrogens (primary N) is 1. The largest absolute Gasteiger partial charge is 0.398 e. The van der Waals surface area contributed by atoms with Gasteiger partial charge in [0.2, 0.25) is 0 Å². The first-order chi connectivity index (χ1) is 10.1. The summed E-state index contributed by atoms with van der Waals surface area (Å²) in [4.78, 5) is 14.5. The minimum Gasteiger partial charge on any atom is -0.398 e. The quantitative estimate of drug-likeness (QED) is 0.838. The minimum atomic E-state index is -0.0563. The Morgan fingerprint density at radius 1 is 1.43 bits per heavy atom. The number of nitrogens with zero attached hydrogens (tertiary/aromatic N) is 2.